The van der Waals surface area contributed by atoms with Crippen molar-refractivity contribution in [3.63, 3.8) is 0 Å². The second kappa shape index (κ2) is 4.37. The lowest BCUT2D eigenvalue weighted by atomic mass is 9.81. The van der Waals surface area contributed by atoms with Gasteiger partial charge in [0.2, 0.25) is 5.91 Å². The summed E-state index contributed by atoms with van der Waals surface area (Å²) in [6, 6.07) is 8.78. The van der Waals surface area contributed by atoms with Crippen molar-refractivity contribution in [3.05, 3.63) is 35.9 Å². The van der Waals surface area contributed by atoms with Gasteiger partial charge >= 0.3 is 0 Å². The third kappa shape index (κ3) is 2.35. The number of amides is 2. The smallest absolute Gasteiger partial charge is 0.250 e. The molecule has 2 unspecified atom stereocenters. The summed E-state index contributed by atoms with van der Waals surface area (Å²) in [5, 5.41) is 5.71. The molecule has 4 nitrogen and oxygen atoms in total. The fraction of sp³-hybridized carbons (Fsp3) is 0.467. The second-order valence-electron chi connectivity index (χ2n) is 6.25. The third-order valence-electron chi connectivity index (χ3n) is 3.58. The van der Waals surface area contributed by atoms with Crippen LogP contribution in [0.1, 0.15) is 33.3 Å². The molecule has 1 heterocycles. The van der Waals surface area contributed by atoms with E-state index in [0.29, 0.717) is 0 Å². The van der Waals surface area contributed by atoms with E-state index in [1.54, 1.807) is 6.92 Å². The number of carbonyl (C=O) groups is 2. The molecule has 0 radical (unpaired) electrons. The van der Waals surface area contributed by atoms with E-state index in [4.69, 9.17) is 0 Å². The number of nitrogens with one attached hydrogen (secondary N) is 2. The van der Waals surface area contributed by atoms with Crippen LogP contribution in [0.3, 0.4) is 0 Å². The maximum Gasteiger partial charge on any atom is 0.250 e. The zero-order valence-electron chi connectivity index (χ0n) is 11.8. The van der Waals surface area contributed by atoms with Crippen LogP contribution in [0.4, 0.5) is 0 Å². The minimum Gasteiger partial charge on any atom is -0.341 e. The highest BCUT2D eigenvalue weighted by Crippen LogP contribution is 2.28. The van der Waals surface area contributed by atoms with Crippen LogP contribution < -0.4 is 10.6 Å². The SMILES string of the molecule is CC1(c2ccccc2)NC(=O)C(C(C)(C)C)NC1=O. The molecule has 0 spiro atoms. The maximum absolute atomic E-state index is 12.4. The Balaban J connectivity index is 2.33. The van der Waals surface area contributed by atoms with Crippen LogP contribution in [-0.4, -0.2) is 17.9 Å². The van der Waals surface area contributed by atoms with E-state index >= 15 is 0 Å². The molecular formula is C15H20N2O2. The quantitative estimate of drug-likeness (QED) is 0.805. The van der Waals surface area contributed by atoms with Gasteiger partial charge in [-0.3, -0.25) is 9.59 Å². The molecule has 1 saturated heterocycles. The minimum atomic E-state index is -1.000. The number of hydrogen-bond acceptors (Lipinski definition) is 2. The number of piperazine rings is 1. The van der Waals surface area contributed by atoms with E-state index in [9.17, 15) is 9.59 Å². The van der Waals surface area contributed by atoms with E-state index in [0.717, 1.165) is 5.56 Å². The van der Waals surface area contributed by atoms with Gasteiger partial charge in [0.1, 0.15) is 11.6 Å². The summed E-state index contributed by atoms with van der Waals surface area (Å²) in [4.78, 5) is 24.6. The Morgan fingerprint density at radius 2 is 1.68 bits per heavy atom. The molecule has 0 aliphatic carbocycles. The van der Waals surface area contributed by atoms with E-state index in [1.165, 1.54) is 0 Å². The largest absolute Gasteiger partial charge is 0.341 e. The molecule has 1 aliphatic heterocycles. The van der Waals surface area contributed by atoms with Gasteiger partial charge < -0.3 is 10.6 Å². The van der Waals surface area contributed by atoms with Gasteiger partial charge in [0.25, 0.3) is 5.91 Å². The molecule has 1 aromatic rings. The van der Waals surface area contributed by atoms with Crippen molar-refractivity contribution >= 4 is 11.8 Å². The third-order valence-corrected chi connectivity index (χ3v) is 3.58. The van der Waals surface area contributed by atoms with Crippen molar-refractivity contribution in [3.8, 4) is 0 Å². The Kier molecular flexibility index (Phi) is 3.12. The van der Waals surface area contributed by atoms with Crippen molar-refractivity contribution in [2.45, 2.75) is 39.3 Å². The summed E-state index contributed by atoms with van der Waals surface area (Å²) in [7, 11) is 0. The molecular weight excluding hydrogens is 240 g/mol. The van der Waals surface area contributed by atoms with Crippen LogP contribution in [0.5, 0.6) is 0 Å². The fourth-order valence-corrected chi connectivity index (χ4v) is 2.30. The average Bonchev–Trinajstić information content (AvgIpc) is 2.33. The molecule has 1 aliphatic rings. The first-order chi connectivity index (χ1) is 8.75. The van der Waals surface area contributed by atoms with Crippen molar-refractivity contribution < 1.29 is 9.59 Å². The Morgan fingerprint density at radius 3 is 2.21 bits per heavy atom. The van der Waals surface area contributed by atoms with Gasteiger partial charge in [0, 0.05) is 0 Å². The van der Waals surface area contributed by atoms with Gasteiger partial charge in [0.15, 0.2) is 0 Å². The highest BCUT2D eigenvalue weighted by atomic mass is 16.2. The molecule has 2 N–H and O–H groups in total. The van der Waals surface area contributed by atoms with Crippen LogP contribution in [0.2, 0.25) is 0 Å². The van der Waals surface area contributed by atoms with E-state index in [-0.39, 0.29) is 17.2 Å². The first kappa shape index (κ1) is 13.6. The maximum atomic E-state index is 12.4. The molecule has 2 atom stereocenters. The van der Waals surface area contributed by atoms with Crippen molar-refractivity contribution in [2.75, 3.05) is 0 Å². The zero-order chi connectivity index (χ0) is 14.3. The normalized spacial score (nSPS) is 27.7. The summed E-state index contributed by atoms with van der Waals surface area (Å²) < 4.78 is 0. The molecule has 1 fully saturated rings. The van der Waals surface area contributed by atoms with E-state index in [1.807, 2.05) is 51.1 Å². The van der Waals surface area contributed by atoms with E-state index < -0.39 is 11.6 Å². The van der Waals surface area contributed by atoms with Crippen molar-refractivity contribution in [1.82, 2.24) is 10.6 Å². The Morgan fingerprint density at radius 1 is 1.11 bits per heavy atom. The molecule has 0 bridgehead atoms. The van der Waals surface area contributed by atoms with Gasteiger partial charge in [-0.2, -0.15) is 0 Å². The van der Waals surface area contributed by atoms with Crippen LogP contribution in [0.15, 0.2) is 30.3 Å². The highest BCUT2D eigenvalue weighted by molar-refractivity contribution is 6.00. The zero-order valence-corrected chi connectivity index (χ0v) is 11.8. The fourth-order valence-electron chi connectivity index (χ4n) is 2.30. The Bertz CT molecular complexity index is 505. The van der Waals surface area contributed by atoms with Crippen LogP contribution >= 0.6 is 0 Å². The summed E-state index contributed by atoms with van der Waals surface area (Å²) >= 11 is 0. The molecule has 2 rings (SSSR count). The summed E-state index contributed by atoms with van der Waals surface area (Å²) in [5.41, 5.74) is -0.522. The second-order valence-corrected chi connectivity index (χ2v) is 6.25. The molecule has 19 heavy (non-hydrogen) atoms. The van der Waals surface area contributed by atoms with Crippen LogP contribution in [-0.2, 0) is 15.1 Å². The first-order valence-electron chi connectivity index (χ1n) is 6.43. The lowest BCUT2D eigenvalue weighted by Gasteiger charge is -2.42. The summed E-state index contributed by atoms with van der Waals surface area (Å²) in [6.45, 7) is 7.53. The average molecular weight is 260 g/mol. The van der Waals surface area contributed by atoms with Crippen molar-refractivity contribution in [1.29, 1.82) is 0 Å². The molecule has 4 heteroatoms. The number of benzene rings is 1. The topological polar surface area (TPSA) is 58.2 Å². The monoisotopic (exact) mass is 260 g/mol. The van der Waals surface area contributed by atoms with Gasteiger partial charge in [-0.1, -0.05) is 51.1 Å². The Labute approximate surface area is 113 Å². The van der Waals surface area contributed by atoms with Gasteiger partial charge in [0.05, 0.1) is 0 Å². The van der Waals surface area contributed by atoms with Crippen LogP contribution in [0, 0.1) is 5.41 Å². The van der Waals surface area contributed by atoms with Crippen LogP contribution in [0.25, 0.3) is 0 Å². The summed E-state index contributed by atoms with van der Waals surface area (Å²) in [5.74, 6) is -0.309. The lowest BCUT2D eigenvalue weighted by Crippen LogP contribution is -2.69. The first-order valence-corrected chi connectivity index (χ1v) is 6.43. The predicted octanol–water partition coefficient (Wildman–Crippen LogP) is 1.56. The molecule has 1 aromatic carbocycles. The lowest BCUT2D eigenvalue weighted by molar-refractivity contribution is -0.144. The van der Waals surface area contributed by atoms with Gasteiger partial charge in [-0.25, -0.2) is 0 Å². The molecule has 2 amide bonds. The Hall–Kier alpha value is -1.84. The molecule has 0 aromatic heterocycles. The highest BCUT2D eigenvalue weighted by Gasteiger charge is 2.47. The summed E-state index contributed by atoms with van der Waals surface area (Å²) in [6.07, 6.45) is 0. The molecule has 0 saturated carbocycles. The number of carbonyl (C=O) groups excluding carboxylic acids is 2. The minimum absolute atomic E-state index is 0.140. The number of hydrogen-bond donors (Lipinski definition) is 2. The van der Waals surface area contributed by atoms with Gasteiger partial charge in [-0.05, 0) is 17.9 Å². The van der Waals surface area contributed by atoms with Crippen molar-refractivity contribution in [2.24, 2.45) is 5.41 Å². The van der Waals surface area contributed by atoms with Gasteiger partial charge in [-0.15, -0.1) is 0 Å². The number of rotatable bonds is 1. The van der Waals surface area contributed by atoms with E-state index in [2.05, 4.69) is 10.6 Å². The standard InChI is InChI=1S/C15H20N2O2/c1-14(2,3)11-12(18)17-15(4,13(19)16-11)10-8-6-5-7-9-10/h5-9,11H,1-4H3,(H,16,19)(H,17,18). The molecule has 102 valence electrons. The predicted molar refractivity (Wildman–Crippen MR) is 73.3 cm³/mol.